The molecule has 142 valence electrons. The van der Waals surface area contributed by atoms with Crippen molar-refractivity contribution in [3.63, 3.8) is 0 Å². The Kier molecular flexibility index (Phi) is 5.51. The molecule has 1 aromatic carbocycles. The number of rotatable bonds is 6. The second-order valence-corrected chi connectivity index (χ2v) is 6.32. The number of nitro benzene ring substituents is 1. The predicted octanol–water partition coefficient (Wildman–Crippen LogP) is 2.40. The van der Waals surface area contributed by atoms with Gasteiger partial charge in [0, 0.05) is 35.7 Å². The number of aromatic nitrogens is 1. The van der Waals surface area contributed by atoms with Crippen LogP contribution in [0.2, 0.25) is 0 Å². The molecule has 1 aliphatic heterocycles. The first kappa shape index (κ1) is 18.6. The molecule has 0 radical (unpaired) electrons. The summed E-state index contributed by atoms with van der Waals surface area (Å²) in [6.45, 7) is -0.0168. The lowest BCUT2D eigenvalue weighted by molar-refractivity contribution is -0.385. The molecule has 9 heteroatoms. The summed E-state index contributed by atoms with van der Waals surface area (Å²) in [4.78, 5) is 27.0. The van der Waals surface area contributed by atoms with Crippen molar-refractivity contribution < 1.29 is 24.7 Å². The van der Waals surface area contributed by atoms with Crippen molar-refractivity contribution in [2.45, 2.75) is 25.0 Å². The summed E-state index contributed by atoms with van der Waals surface area (Å²) in [5.74, 6) is 0.523. The van der Waals surface area contributed by atoms with Crippen LogP contribution >= 0.6 is 0 Å². The maximum atomic E-state index is 11.6. The third-order valence-corrected chi connectivity index (χ3v) is 4.44. The van der Waals surface area contributed by atoms with Gasteiger partial charge in [-0.3, -0.25) is 15.1 Å². The van der Waals surface area contributed by atoms with Gasteiger partial charge in [-0.05, 0) is 25.0 Å². The monoisotopic (exact) mass is 373 g/mol. The van der Waals surface area contributed by atoms with Crippen molar-refractivity contribution >= 4 is 11.8 Å². The number of hydrogen-bond donors (Lipinski definition) is 2. The Morgan fingerprint density at radius 2 is 2.26 bits per heavy atom. The van der Waals surface area contributed by atoms with Gasteiger partial charge in [-0.1, -0.05) is 6.07 Å². The molecule has 2 atom stereocenters. The molecule has 1 aromatic heterocycles. The minimum atomic E-state index is -1.16. The summed E-state index contributed by atoms with van der Waals surface area (Å²) in [6, 6.07) is 7.73. The summed E-state index contributed by atoms with van der Waals surface area (Å²) in [6.07, 6.45) is 1.61. The first-order valence-electron chi connectivity index (χ1n) is 8.44. The highest BCUT2D eigenvalue weighted by atomic mass is 16.6. The van der Waals surface area contributed by atoms with E-state index >= 15 is 0 Å². The summed E-state index contributed by atoms with van der Waals surface area (Å²) in [5.41, 5.74) is 1.27. The topological polar surface area (TPSA) is 126 Å². The molecule has 2 aromatic rings. The summed E-state index contributed by atoms with van der Waals surface area (Å²) >= 11 is 0. The standard InChI is InChI=1S/C18H19N3O6/c22-16(13-2-1-7-19-9-13)11-20(18(23)24)10-15-5-3-12-8-14(21(25)26)4-6-17(12)27-15/h1-2,4,6-9,15-16,22H,3,5,10-11H2,(H,23,24)/t15-,16?/m1/s1. The van der Waals surface area contributed by atoms with E-state index in [4.69, 9.17) is 4.74 Å². The van der Waals surface area contributed by atoms with Crippen LogP contribution in [0.4, 0.5) is 10.5 Å². The fourth-order valence-corrected chi connectivity index (χ4v) is 3.04. The molecule has 2 N–H and O–H groups in total. The largest absolute Gasteiger partial charge is 0.488 e. The molecule has 9 nitrogen and oxygen atoms in total. The summed E-state index contributed by atoms with van der Waals surface area (Å²) in [7, 11) is 0. The van der Waals surface area contributed by atoms with E-state index in [0.29, 0.717) is 24.2 Å². The van der Waals surface area contributed by atoms with Gasteiger partial charge < -0.3 is 19.8 Å². The van der Waals surface area contributed by atoms with E-state index in [9.17, 15) is 25.1 Å². The zero-order valence-corrected chi connectivity index (χ0v) is 14.4. The molecule has 0 aliphatic carbocycles. The van der Waals surface area contributed by atoms with Crippen LogP contribution in [-0.4, -0.2) is 50.3 Å². The van der Waals surface area contributed by atoms with Crippen molar-refractivity contribution in [3.8, 4) is 5.75 Å². The number of non-ortho nitro benzene ring substituents is 1. The molecular weight excluding hydrogens is 354 g/mol. The number of amides is 1. The van der Waals surface area contributed by atoms with Gasteiger partial charge in [0.1, 0.15) is 11.9 Å². The lowest BCUT2D eigenvalue weighted by atomic mass is 10.0. The number of carboxylic acid groups (broad SMARTS) is 1. The minimum absolute atomic E-state index is 0.00237. The predicted molar refractivity (Wildman–Crippen MR) is 94.6 cm³/mol. The molecule has 27 heavy (non-hydrogen) atoms. The van der Waals surface area contributed by atoms with Crippen LogP contribution in [0.5, 0.6) is 5.75 Å². The molecule has 0 saturated carbocycles. The molecule has 1 unspecified atom stereocenters. The first-order chi connectivity index (χ1) is 12.9. The molecule has 1 amide bonds. The van der Waals surface area contributed by atoms with Gasteiger partial charge in [-0.15, -0.1) is 0 Å². The lowest BCUT2D eigenvalue weighted by Crippen LogP contribution is -2.42. The van der Waals surface area contributed by atoms with Gasteiger partial charge in [0.05, 0.1) is 24.1 Å². The van der Waals surface area contributed by atoms with E-state index in [1.807, 2.05) is 0 Å². The Balaban J connectivity index is 1.65. The van der Waals surface area contributed by atoms with Crippen LogP contribution < -0.4 is 4.74 Å². The number of nitro groups is 1. The molecular formula is C18H19N3O6. The van der Waals surface area contributed by atoms with Gasteiger partial charge in [0.2, 0.25) is 0 Å². The van der Waals surface area contributed by atoms with Crippen LogP contribution in [0.25, 0.3) is 0 Å². The average Bonchev–Trinajstić information content (AvgIpc) is 2.67. The van der Waals surface area contributed by atoms with Crippen LogP contribution in [-0.2, 0) is 6.42 Å². The van der Waals surface area contributed by atoms with E-state index < -0.39 is 23.2 Å². The Bertz CT molecular complexity index is 829. The van der Waals surface area contributed by atoms with E-state index in [1.54, 1.807) is 18.3 Å². The zero-order chi connectivity index (χ0) is 19.4. The average molecular weight is 373 g/mol. The van der Waals surface area contributed by atoms with E-state index in [-0.39, 0.29) is 18.8 Å². The van der Waals surface area contributed by atoms with Crippen LogP contribution in [0, 0.1) is 10.1 Å². The normalized spacial score (nSPS) is 16.7. The molecule has 2 heterocycles. The Morgan fingerprint density at radius 1 is 1.44 bits per heavy atom. The summed E-state index contributed by atoms with van der Waals surface area (Å²) < 4.78 is 5.81. The lowest BCUT2D eigenvalue weighted by Gasteiger charge is -2.31. The maximum Gasteiger partial charge on any atom is 0.407 e. The van der Waals surface area contributed by atoms with Gasteiger partial charge in [-0.2, -0.15) is 0 Å². The number of hydrogen-bond acceptors (Lipinski definition) is 6. The quantitative estimate of drug-likeness (QED) is 0.588. The van der Waals surface area contributed by atoms with E-state index in [0.717, 1.165) is 10.5 Å². The molecule has 1 aliphatic rings. The van der Waals surface area contributed by atoms with Gasteiger partial charge >= 0.3 is 6.09 Å². The smallest absolute Gasteiger partial charge is 0.407 e. The number of nitrogens with zero attached hydrogens (tertiary/aromatic N) is 3. The highest BCUT2D eigenvalue weighted by Gasteiger charge is 2.27. The van der Waals surface area contributed by atoms with Gasteiger partial charge in [-0.25, -0.2) is 4.79 Å². The minimum Gasteiger partial charge on any atom is -0.488 e. The number of ether oxygens (including phenoxy) is 1. The van der Waals surface area contributed by atoms with Crippen LogP contribution in [0.15, 0.2) is 42.7 Å². The number of aliphatic hydroxyl groups excluding tert-OH is 1. The van der Waals surface area contributed by atoms with E-state index in [2.05, 4.69) is 4.98 Å². The first-order valence-corrected chi connectivity index (χ1v) is 8.44. The third kappa shape index (κ3) is 4.50. The number of benzene rings is 1. The van der Waals surface area contributed by atoms with Crippen molar-refractivity contribution in [1.82, 2.24) is 9.88 Å². The van der Waals surface area contributed by atoms with Crippen molar-refractivity contribution in [2.75, 3.05) is 13.1 Å². The van der Waals surface area contributed by atoms with E-state index in [1.165, 1.54) is 24.4 Å². The Morgan fingerprint density at radius 3 is 2.93 bits per heavy atom. The number of fused-ring (bicyclic) bond motifs is 1. The van der Waals surface area contributed by atoms with Crippen molar-refractivity contribution in [1.29, 1.82) is 0 Å². The fourth-order valence-electron chi connectivity index (χ4n) is 3.04. The second kappa shape index (κ2) is 8.00. The molecule has 0 fully saturated rings. The van der Waals surface area contributed by atoms with Crippen molar-refractivity contribution in [2.24, 2.45) is 0 Å². The number of carbonyl (C=O) groups is 1. The second-order valence-electron chi connectivity index (χ2n) is 6.32. The summed E-state index contributed by atoms with van der Waals surface area (Å²) in [5, 5.41) is 30.6. The third-order valence-electron chi connectivity index (χ3n) is 4.44. The van der Waals surface area contributed by atoms with Gasteiger partial charge in [0.25, 0.3) is 5.69 Å². The zero-order valence-electron chi connectivity index (χ0n) is 14.4. The Hall–Kier alpha value is -3.20. The number of pyridine rings is 1. The maximum absolute atomic E-state index is 11.6. The highest BCUT2D eigenvalue weighted by molar-refractivity contribution is 5.65. The number of aryl methyl sites for hydroxylation is 1. The van der Waals surface area contributed by atoms with Crippen LogP contribution in [0.1, 0.15) is 23.7 Å². The highest BCUT2D eigenvalue weighted by Crippen LogP contribution is 2.31. The SMILES string of the molecule is O=C(O)N(CC(O)c1cccnc1)C[C@H]1CCc2cc([N+](=O)[O-])ccc2O1. The number of aliphatic hydroxyl groups is 1. The Labute approximate surface area is 155 Å². The van der Waals surface area contributed by atoms with Gasteiger partial charge in [0.15, 0.2) is 0 Å². The fraction of sp³-hybridized carbons (Fsp3) is 0.333. The molecule has 0 spiro atoms. The van der Waals surface area contributed by atoms with Crippen LogP contribution in [0.3, 0.4) is 0 Å². The van der Waals surface area contributed by atoms with Crippen molar-refractivity contribution in [3.05, 3.63) is 64.0 Å². The molecule has 0 saturated heterocycles. The molecule has 0 bridgehead atoms. The molecule has 3 rings (SSSR count).